The molecule has 0 amide bonds. The molecule has 1 unspecified atom stereocenters. The third-order valence-electron chi connectivity index (χ3n) is 3.57. The van der Waals surface area contributed by atoms with Gasteiger partial charge in [-0.15, -0.1) is 0 Å². The van der Waals surface area contributed by atoms with Crippen molar-refractivity contribution in [2.75, 3.05) is 19.6 Å². The molecule has 1 aliphatic carbocycles. The standard InChI is InChI=1S/C13H23ClN2/c1-11(8-14)9-16(13-5-6-13)10-12-4-2-3-7-15-12/h8,12-13,15H,2-7,9-10H2,1H3. The maximum absolute atomic E-state index is 5.76. The maximum Gasteiger partial charge on any atom is 0.0205 e. The largest absolute Gasteiger partial charge is 0.313 e. The van der Waals surface area contributed by atoms with Crippen LogP contribution in [0.4, 0.5) is 0 Å². The fourth-order valence-electron chi connectivity index (χ4n) is 2.50. The van der Waals surface area contributed by atoms with E-state index in [1.807, 2.05) is 0 Å². The van der Waals surface area contributed by atoms with Crippen molar-refractivity contribution in [1.29, 1.82) is 0 Å². The van der Waals surface area contributed by atoms with Gasteiger partial charge in [-0.05, 0) is 44.7 Å². The van der Waals surface area contributed by atoms with Crippen molar-refractivity contribution < 1.29 is 0 Å². The summed E-state index contributed by atoms with van der Waals surface area (Å²) in [6, 6.07) is 1.53. The molecule has 2 nitrogen and oxygen atoms in total. The van der Waals surface area contributed by atoms with Crippen molar-refractivity contribution in [2.24, 2.45) is 0 Å². The highest BCUT2D eigenvalue weighted by Gasteiger charge is 2.30. The number of hydrogen-bond acceptors (Lipinski definition) is 2. The number of nitrogens with one attached hydrogen (secondary N) is 1. The third kappa shape index (κ3) is 3.76. The fraction of sp³-hybridized carbons (Fsp3) is 0.846. The topological polar surface area (TPSA) is 15.3 Å². The van der Waals surface area contributed by atoms with Crippen LogP contribution in [-0.2, 0) is 0 Å². The Morgan fingerprint density at radius 1 is 1.38 bits per heavy atom. The molecule has 2 aliphatic rings. The van der Waals surface area contributed by atoms with E-state index in [0.717, 1.165) is 12.6 Å². The van der Waals surface area contributed by atoms with Gasteiger partial charge in [-0.2, -0.15) is 0 Å². The molecule has 0 bridgehead atoms. The molecule has 16 heavy (non-hydrogen) atoms. The Hall–Kier alpha value is -0.0500. The highest BCUT2D eigenvalue weighted by atomic mass is 35.5. The average Bonchev–Trinajstić information content (AvgIpc) is 3.13. The van der Waals surface area contributed by atoms with Crippen molar-refractivity contribution in [3.63, 3.8) is 0 Å². The van der Waals surface area contributed by atoms with Crippen molar-refractivity contribution >= 4 is 11.6 Å². The van der Waals surface area contributed by atoms with Crippen LogP contribution in [0.3, 0.4) is 0 Å². The highest BCUT2D eigenvalue weighted by Crippen LogP contribution is 2.28. The smallest absolute Gasteiger partial charge is 0.0205 e. The Labute approximate surface area is 104 Å². The monoisotopic (exact) mass is 242 g/mol. The van der Waals surface area contributed by atoms with E-state index in [4.69, 9.17) is 11.6 Å². The molecule has 0 spiro atoms. The normalized spacial score (nSPS) is 27.4. The van der Waals surface area contributed by atoms with E-state index in [0.29, 0.717) is 6.04 Å². The van der Waals surface area contributed by atoms with E-state index in [2.05, 4.69) is 17.1 Å². The molecular formula is C13H23ClN2. The Kier molecular flexibility index (Phi) is 4.68. The summed E-state index contributed by atoms with van der Waals surface area (Å²) in [6.07, 6.45) is 6.83. The average molecular weight is 243 g/mol. The van der Waals surface area contributed by atoms with E-state index >= 15 is 0 Å². The lowest BCUT2D eigenvalue weighted by atomic mass is 10.0. The van der Waals surface area contributed by atoms with Gasteiger partial charge < -0.3 is 5.32 Å². The summed E-state index contributed by atoms with van der Waals surface area (Å²) in [5.41, 5.74) is 3.01. The van der Waals surface area contributed by atoms with Crippen LogP contribution in [0.25, 0.3) is 0 Å². The van der Waals surface area contributed by atoms with Gasteiger partial charge in [-0.3, -0.25) is 4.90 Å². The molecule has 2 fully saturated rings. The fourth-order valence-corrected chi connectivity index (χ4v) is 2.57. The summed E-state index contributed by atoms with van der Waals surface area (Å²) >= 11 is 5.76. The molecule has 0 aromatic rings. The van der Waals surface area contributed by atoms with Gasteiger partial charge in [0, 0.05) is 30.7 Å². The van der Waals surface area contributed by atoms with E-state index < -0.39 is 0 Å². The molecule has 0 aromatic heterocycles. The zero-order chi connectivity index (χ0) is 11.4. The molecule has 92 valence electrons. The molecular weight excluding hydrogens is 220 g/mol. The number of piperidine rings is 1. The van der Waals surface area contributed by atoms with Crippen LogP contribution in [0.2, 0.25) is 0 Å². The van der Waals surface area contributed by atoms with Gasteiger partial charge in [0.05, 0.1) is 0 Å². The summed E-state index contributed by atoms with van der Waals surface area (Å²) in [5.74, 6) is 0. The molecule has 1 atom stereocenters. The molecule has 3 heteroatoms. The molecule has 2 rings (SSSR count). The minimum absolute atomic E-state index is 0.706. The minimum atomic E-state index is 0.706. The van der Waals surface area contributed by atoms with Gasteiger partial charge in [0.1, 0.15) is 0 Å². The molecule has 1 aliphatic heterocycles. The third-order valence-corrected chi connectivity index (χ3v) is 3.94. The number of hydrogen-bond donors (Lipinski definition) is 1. The molecule has 0 aromatic carbocycles. The van der Waals surface area contributed by atoms with Crippen LogP contribution < -0.4 is 5.32 Å². The van der Waals surface area contributed by atoms with Crippen molar-refractivity contribution in [3.05, 3.63) is 11.1 Å². The molecule has 0 radical (unpaired) electrons. The second kappa shape index (κ2) is 6.04. The molecule has 1 heterocycles. The van der Waals surface area contributed by atoms with Crippen LogP contribution >= 0.6 is 11.6 Å². The highest BCUT2D eigenvalue weighted by molar-refractivity contribution is 6.25. The second-order valence-electron chi connectivity index (χ2n) is 5.26. The predicted molar refractivity (Wildman–Crippen MR) is 69.8 cm³/mol. The zero-order valence-corrected chi connectivity index (χ0v) is 11.0. The van der Waals surface area contributed by atoms with Crippen molar-refractivity contribution in [2.45, 2.75) is 51.1 Å². The van der Waals surface area contributed by atoms with Crippen LogP contribution in [-0.4, -0.2) is 36.6 Å². The van der Waals surface area contributed by atoms with Gasteiger partial charge >= 0.3 is 0 Å². The second-order valence-corrected chi connectivity index (χ2v) is 5.48. The van der Waals surface area contributed by atoms with Crippen molar-refractivity contribution in [3.8, 4) is 0 Å². The first kappa shape index (κ1) is 12.4. The summed E-state index contributed by atoms with van der Waals surface area (Å²) in [7, 11) is 0. The lowest BCUT2D eigenvalue weighted by Crippen LogP contribution is -2.44. The maximum atomic E-state index is 5.76. The molecule has 1 saturated carbocycles. The van der Waals surface area contributed by atoms with Gasteiger partial charge in [-0.1, -0.05) is 18.0 Å². The predicted octanol–water partition coefficient (Wildman–Crippen LogP) is 2.74. The van der Waals surface area contributed by atoms with Crippen LogP contribution in [0.5, 0.6) is 0 Å². The lowest BCUT2D eigenvalue weighted by Gasteiger charge is -2.30. The van der Waals surface area contributed by atoms with E-state index in [1.165, 1.54) is 50.8 Å². The van der Waals surface area contributed by atoms with Gasteiger partial charge in [0.15, 0.2) is 0 Å². The summed E-state index contributed by atoms with van der Waals surface area (Å²) < 4.78 is 0. The van der Waals surface area contributed by atoms with Crippen molar-refractivity contribution in [1.82, 2.24) is 10.2 Å². The number of nitrogens with zero attached hydrogens (tertiary/aromatic N) is 1. The first-order valence-corrected chi connectivity index (χ1v) is 6.96. The Bertz CT molecular complexity index is 242. The summed E-state index contributed by atoms with van der Waals surface area (Å²) in [6.45, 7) is 5.57. The Morgan fingerprint density at radius 2 is 2.19 bits per heavy atom. The van der Waals surface area contributed by atoms with Gasteiger partial charge in [0.2, 0.25) is 0 Å². The van der Waals surface area contributed by atoms with Crippen LogP contribution in [0.1, 0.15) is 39.0 Å². The van der Waals surface area contributed by atoms with Crippen LogP contribution in [0.15, 0.2) is 11.1 Å². The SMILES string of the molecule is CC(=CCl)CN(CC1CCCCN1)C1CC1. The van der Waals surface area contributed by atoms with Gasteiger partial charge in [-0.25, -0.2) is 0 Å². The van der Waals surface area contributed by atoms with Gasteiger partial charge in [0.25, 0.3) is 0 Å². The summed E-state index contributed by atoms with van der Waals surface area (Å²) in [5, 5.41) is 3.63. The van der Waals surface area contributed by atoms with E-state index in [-0.39, 0.29) is 0 Å². The van der Waals surface area contributed by atoms with E-state index in [9.17, 15) is 0 Å². The quantitative estimate of drug-likeness (QED) is 0.798. The number of halogens is 1. The molecule has 1 saturated heterocycles. The molecule has 1 N–H and O–H groups in total. The van der Waals surface area contributed by atoms with Crippen LogP contribution in [0, 0.1) is 0 Å². The first-order valence-electron chi connectivity index (χ1n) is 6.53. The first-order chi connectivity index (χ1) is 7.79. The minimum Gasteiger partial charge on any atom is -0.313 e. The number of rotatable bonds is 5. The Balaban J connectivity index is 1.81. The lowest BCUT2D eigenvalue weighted by molar-refractivity contribution is 0.230. The summed E-state index contributed by atoms with van der Waals surface area (Å²) in [4.78, 5) is 2.61. The Morgan fingerprint density at radius 3 is 2.75 bits per heavy atom. The zero-order valence-electron chi connectivity index (χ0n) is 10.2. The van der Waals surface area contributed by atoms with E-state index in [1.54, 1.807) is 5.54 Å².